The first kappa shape index (κ1) is 19.4. The highest BCUT2D eigenvalue weighted by atomic mass is 32.2. The van der Waals surface area contributed by atoms with Gasteiger partial charge in [0.1, 0.15) is 0 Å². The quantitative estimate of drug-likeness (QED) is 0.558. The van der Waals surface area contributed by atoms with E-state index in [1.165, 1.54) is 47.0 Å². The van der Waals surface area contributed by atoms with E-state index in [1.807, 2.05) is 23.0 Å². The minimum atomic E-state index is -0.195. The highest BCUT2D eigenvalue weighted by Crippen LogP contribution is 2.42. The zero-order valence-electron chi connectivity index (χ0n) is 16.2. The molecule has 2 aromatic rings. The Kier molecular flexibility index (Phi) is 5.77. The van der Waals surface area contributed by atoms with Gasteiger partial charge in [-0.25, -0.2) is 0 Å². The smallest absolute Gasteiger partial charge is 0.306 e. The van der Waals surface area contributed by atoms with Crippen LogP contribution in [0.4, 0.5) is 0 Å². The first-order valence-corrected chi connectivity index (χ1v) is 10.8. The van der Waals surface area contributed by atoms with Crippen molar-refractivity contribution in [1.29, 1.82) is 0 Å². The van der Waals surface area contributed by atoms with Crippen LogP contribution >= 0.6 is 23.1 Å². The Hall–Kier alpha value is -1.34. The Balaban J connectivity index is 1.73. The summed E-state index contributed by atoms with van der Waals surface area (Å²) in [6.45, 7) is 7.03. The van der Waals surface area contributed by atoms with Gasteiger partial charge in [-0.15, -0.1) is 21.5 Å². The normalized spacial score (nSPS) is 17.2. The number of ether oxygens (including phenoxy) is 1. The molecule has 0 fully saturated rings. The van der Waals surface area contributed by atoms with Gasteiger partial charge >= 0.3 is 5.97 Å². The number of hydrogen-bond acceptors (Lipinski definition) is 6. The summed E-state index contributed by atoms with van der Waals surface area (Å²) in [6, 6.07) is 2.31. The molecule has 1 atom stereocenters. The monoisotopic (exact) mass is 393 g/mol. The lowest BCUT2D eigenvalue weighted by Crippen LogP contribution is -2.26. The van der Waals surface area contributed by atoms with Gasteiger partial charge in [-0.05, 0) is 42.2 Å². The summed E-state index contributed by atoms with van der Waals surface area (Å²) in [5.74, 6) is 2.10. The van der Waals surface area contributed by atoms with Crippen molar-refractivity contribution in [3.8, 4) is 10.7 Å². The number of rotatable bonds is 5. The number of thioether (sulfide) groups is 1. The van der Waals surface area contributed by atoms with E-state index in [0.29, 0.717) is 17.6 Å². The number of methoxy groups -OCH3 is 1. The van der Waals surface area contributed by atoms with Gasteiger partial charge in [0.25, 0.3) is 0 Å². The molecule has 0 spiro atoms. The minimum Gasteiger partial charge on any atom is -0.469 e. The lowest BCUT2D eigenvalue weighted by atomic mass is 9.72. The first-order valence-electron chi connectivity index (χ1n) is 9.00. The number of nitrogens with zero attached hydrogens (tertiary/aromatic N) is 3. The van der Waals surface area contributed by atoms with E-state index in [4.69, 9.17) is 0 Å². The Morgan fingerprint density at radius 3 is 2.88 bits per heavy atom. The van der Waals surface area contributed by atoms with Crippen LogP contribution in [-0.2, 0) is 29.4 Å². The molecule has 0 radical (unpaired) electrons. The molecular formula is C19H27N3O2S2. The third-order valence-corrected chi connectivity index (χ3v) is 7.38. The second-order valence-corrected chi connectivity index (χ2v) is 10.1. The fourth-order valence-corrected chi connectivity index (χ4v) is 5.41. The average Bonchev–Trinajstić information content (AvgIpc) is 3.16. The second-order valence-electron chi connectivity index (χ2n) is 7.90. The van der Waals surface area contributed by atoms with Crippen LogP contribution in [0.25, 0.3) is 10.7 Å². The lowest BCUT2D eigenvalue weighted by Gasteiger charge is -2.33. The van der Waals surface area contributed by atoms with Crippen molar-refractivity contribution in [3.05, 3.63) is 16.5 Å². The minimum absolute atomic E-state index is 0.195. The molecule has 0 N–H and O–H groups in total. The van der Waals surface area contributed by atoms with Crippen LogP contribution in [0.15, 0.2) is 11.2 Å². The maximum absolute atomic E-state index is 11.2. The lowest BCUT2D eigenvalue weighted by molar-refractivity contribution is -0.140. The molecule has 0 bridgehead atoms. The van der Waals surface area contributed by atoms with Crippen LogP contribution < -0.4 is 0 Å². The van der Waals surface area contributed by atoms with Crippen LogP contribution in [0.2, 0.25) is 0 Å². The molecule has 3 rings (SSSR count). The third kappa shape index (κ3) is 4.14. The van der Waals surface area contributed by atoms with E-state index in [-0.39, 0.29) is 5.97 Å². The van der Waals surface area contributed by atoms with E-state index in [2.05, 4.69) is 41.8 Å². The number of aryl methyl sites for hydroxylation is 1. The van der Waals surface area contributed by atoms with Gasteiger partial charge in [0, 0.05) is 17.7 Å². The van der Waals surface area contributed by atoms with Crippen molar-refractivity contribution in [2.75, 3.05) is 12.9 Å². The molecular weight excluding hydrogens is 366 g/mol. The molecule has 7 heteroatoms. The van der Waals surface area contributed by atoms with Crippen LogP contribution in [0, 0.1) is 11.3 Å². The van der Waals surface area contributed by atoms with Gasteiger partial charge in [0.15, 0.2) is 11.0 Å². The summed E-state index contributed by atoms with van der Waals surface area (Å²) < 4.78 is 6.71. The largest absolute Gasteiger partial charge is 0.469 e. The highest BCUT2D eigenvalue weighted by Gasteiger charge is 2.30. The number of aromatic nitrogens is 3. The fraction of sp³-hybridized carbons (Fsp3) is 0.632. The maximum Gasteiger partial charge on any atom is 0.306 e. The Labute approximate surface area is 163 Å². The molecule has 0 saturated carbocycles. The zero-order chi connectivity index (χ0) is 18.9. The molecule has 0 aromatic carbocycles. The van der Waals surface area contributed by atoms with Gasteiger partial charge in [-0.1, -0.05) is 32.5 Å². The number of carbonyl (C=O) groups is 1. The Bertz CT molecular complexity index is 789. The average molecular weight is 394 g/mol. The SMILES string of the molecule is COC(=O)CCSc1nnc(-c2cc3c(s2)CC[C@H](C(C)(C)C)C3)n1C. The number of thiophene rings is 1. The van der Waals surface area contributed by atoms with Crippen LogP contribution in [0.5, 0.6) is 0 Å². The zero-order valence-corrected chi connectivity index (χ0v) is 17.8. The molecule has 2 heterocycles. The second kappa shape index (κ2) is 7.72. The van der Waals surface area contributed by atoms with E-state index in [0.717, 1.165) is 23.3 Å². The first-order chi connectivity index (χ1) is 12.3. The number of hydrogen-bond donors (Lipinski definition) is 0. The molecule has 5 nitrogen and oxygen atoms in total. The Morgan fingerprint density at radius 2 is 2.19 bits per heavy atom. The number of esters is 1. The van der Waals surface area contributed by atoms with Gasteiger partial charge < -0.3 is 9.30 Å². The summed E-state index contributed by atoms with van der Waals surface area (Å²) in [7, 11) is 3.41. The van der Waals surface area contributed by atoms with Gasteiger partial charge in [-0.2, -0.15) is 0 Å². The van der Waals surface area contributed by atoms with E-state index in [9.17, 15) is 4.79 Å². The summed E-state index contributed by atoms with van der Waals surface area (Å²) >= 11 is 3.39. The van der Waals surface area contributed by atoms with E-state index < -0.39 is 0 Å². The topological polar surface area (TPSA) is 57.0 Å². The Morgan fingerprint density at radius 1 is 1.42 bits per heavy atom. The van der Waals surface area contributed by atoms with Crippen molar-refractivity contribution >= 4 is 29.1 Å². The van der Waals surface area contributed by atoms with Crippen molar-refractivity contribution in [3.63, 3.8) is 0 Å². The number of fused-ring (bicyclic) bond motifs is 1. The van der Waals surface area contributed by atoms with Crippen molar-refractivity contribution in [2.45, 2.75) is 51.6 Å². The van der Waals surface area contributed by atoms with Crippen LogP contribution in [0.3, 0.4) is 0 Å². The van der Waals surface area contributed by atoms with Crippen molar-refractivity contribution in [2.24, 2.45) is 18.4 Å². The fourth-order valence-electron chi connectivity index (χ4n) is 3.36. The summed E-state index contributed by atoms with van der Waals surface area (Å²) in [5.41, 5.74) is 1.84. The summed E-state index contributed by atoms with van der Waals surface area (Å²) in [6.07, 6.45) is 3.98. The molecule has 0 aliphatic heterocycles. The molecule has 1 aliphatic carbocycles. The van der Waals surface area contributed by atoms with Gasteiger partial charge in [-0.3, -0.25) is 4.79 Å². The third-order valence-electron chi connectivity index (χ3n) is 5.13. The van der Waals surface area contributed by atoms with Crippen LogP contribution in [-0.4, -0.2) is 33.6 Å². The van der Waals surface area contributed by atoms with Gasteiger partial charge in [0.05, 0.1) is 18.4 Å². The molecule has 2 aromatic heterocycles. The molecule has 1 aliphatic rings. The number of carbonyl (C=O) groups excluding carboxylic acids is 1. The predicted molar refractivity (Wildman–Crippen MR) is 107 cm³/mol. The standard InChI is InChI=1S/C19H27N3O2S2/c1-19(2,3)13-6-7-14-12(10-13)11-15(26-14)17-20-21-18(22(17)4)25-9-8-16(23)24-5/h11,13H,6-10H2,1-5H3/t13-/m0/s1. The summed E-state index contributed by atoms with van der Waals surface area (Å²) in [4.78, 5) is 13.9. The molecule has 142 valence electrons. The van der Waals surface area contributed by atoms with Crippen LogP contribution in [0.1, 0.15) is 44.1 Å². The van der Waals surface area contributed by atoms with Gasteiger partial charge in [0.2, 0.25) is 0 Å². The molecule has 0 amide bonds. The molecule has 0 unspecified atom stereocenters. The van der Waals surface area contributed by atoms with Crippen molar-refractivity contribution < 1.29 is 9.53 Å². The molecule has 0 saturated heterocycles. The highest BCUT2D eigenvalue weighted by molar-refractivity contribution is 7.99. The maximum atomic E-state index is 11.2. The van der Waals surface area contributed by atoms with Crippen molar-refractivity contribution in [1.82, 2.24) is 14.8 Å². The predicted octanol–water partition coefficient (Wildman–Crippen LogP) is 4.35. The van der Waals surface area contributed by atoms with E-state index in [1.54, 1.807) is 0 Å². The van der Waals surface area contributed by atoms with E-state index >= 15 is 0 Å². The summed E-state index contributed by atoms with van der Waals surface area (Å²) in [5, 5.41) is 9.54. The molecule has 26 heavy (non-hydrogen) atoms.